The number of rotatable bonds is 8. The average molecular weight is 334 g/mol. The van der Waals surface area contributed by atoms with Gasteiger partial charge in [0, 0.05) is 32.9 Å². The van der Waals surface area contributed by atoms with Gasteiger partial charge >= 0.3 is 6.03 Å². The Morgan fingerprint density at radius 2 is 2.08 bits per heavy atom. The molecule has 24 heavy (non-hydrogen) atoms. The molecule has 0 radical (unpaired) electrons. The van der Waals surface area contributed by atoms with Gasteiger partial charge in [-0.25, -0.2) is 4.79 Å². The van der Waals surface area contributed by atoms with Crippen LogP contribution in [0.1, 0.15) is 26.2 Å². The van der Waals surface area contributed by atoms with Gasteiger partial charge in [0.15, 0.2) is 5.58 Å². The van der Waals surface area contributed by atoms with Crippen LogP contribution in [0.5, 0.6) is 0 Å². The number of benzene rings is 1. The van der Waals surface area contributed by atoms with E-state index in [-0.39, 0.29) is 12.6 Å². The summed E-state index contributed by atoms with van der Waals surface area (Å²) >= 11 is 0. The Labute approximate surface area is 142 Å². The number of aliphatic hydroxyl groups excluding tert-OH is 1. The third-order valence-electron chi connectivity index (χ3n) is 3.70. The van der Waals surface area contributed by atoms with Crippen LogP contribution in [0.15, 0.2) is 22.6 Å². The molecule has 0 saturated heterocycles. The highest BCUT2D eigenvalue weighted by atomic mass is 16.4. The van der Waals surface area contributed by atoms with Crippen molar-refractivity contribution in [3.8, 4) is 0 Å². The number of aromatic nitrogens is 1. The van der Waals surface area contributed by atoms with Crippen molar-refractivity contribution < 1.29 is 14.3 Å². The Morgan fingerprint density at radius 3 is 2.75 bits per heavy atom. The molecule has 2 rings (SSSR count). The maximum atomic E-state index is 12.4. The highest BCUT2D eigenvalue weighted by Gasteiger charge is 2.14. The number of amides is 2. The summed E-state index contributed by atoms with van der Waals surface area (Å²) in [5.74, 6) is 0. The van der Waals surface area contributed by atoms with Crippen LogP contribution in [0.3, 0.4) is 0 Å². The number of unbranched alkanes of at least 4 members (excludes halogenated alkanes) is 2. The van der Waals surface area contributed by atoms with Gasteiger partial charge in [0.05, 0.1) is 6.61 Å². The fourth-order valence-electron chi connectivity index (χ4n) is 2.38. The lowest BCUT2D eigenvalue weighted by atomic mass is 10.2. The number of aliphatic hydroxyl groups is 1. The van der Waals surface area contributed by atoms with Gasteiger partial charge in [-0.2, -0.15) is 4.98 Å². The lowest BCUT2D eigenvalue weighted by Crippen LogP contribution is -2.37. The lowest BCUT2D eigenvalue weighted by molar-refractivity contribution is 0.187. The van der Waals surface area contributed by atoms with Crippen LogP contribution in [0.2, 0.25) is 0 Å². The fraction of sp³-hybridized carbons (Fsp3) is 0.529. The smallest absolute Gasteiger partial charge is 0.321 e. The van der Waals surface area contributed by atoms with E-state index in [9.17, 15) is 4.79 Å². The molecule has 0 spiro atoms. The van der Waals surface area contributed by atoms with E-state index in [0.717, 1.165) is 19.3 Å². The predicted molar refractivity (Wildman–Crippen MR) is 95.5 cm³/mol. The van der Waals surface area contributed by atoms with E-state index >= 15 is 0 Å². The minimum atomic E-state index is -0.212. The van der Waals surface area contributed by atoms with Crippen molar-refractivity contribution in [1.82, 2.24) is 9.88 Å². The molecule has 0 aliphatic heterocycles. The quantitative estimate of drug-likeness (QED) is 0.725. The Hall–Kier alpha value is -2.28. The molecule has 2 amide bonds. The first-order valence-electron chi connectivity index (χ1n) is 8.30. The number of carbonyl (C=O) groups excluding carboxylic acids is 1. The molecular weight excluding hydrogens is 308 g/mol. The van der Waals surface area contributed by atoms with Crippen LogP contribution < -0.4 is 10.2 Å². The molecule has 0 atom stereocenters. The fourth-order valence-corrected chi connectivity index (χ4v) is 2.38. The molecule has 0 aliphatic rings. The minimum Gasteiger partial charge on any atom is -0.423 e. The number of carbonyl (C=O) groups is 1. The van der Waals surface area contributed by atoms with E-state index < -0.39 is 0 Å². The van der Waals surface area contributed by atoms with E-state index in [0.29, 0.717) is 35.9 Å². The molecule has 1 aromatic carbocycles. The summed E-state index contributed by atoms with van der Waals surface area (Å²) in [5, 5.41) is 12.0. The molecule has 0 fully saturated rings. The number of anilines is 2. The van der Waals surface area contributed by atoms with Gasteiger partial charge in [-0.3, -0.25) is 0 Å². The number of nitrogens with zero attached hydrogens (tertiary/aromatic N) is 3. The summed E-state index contributed by atoms with van der Waals surface area (Å²) in [6.07, 6.45) is 3.08. The first-order valence-corrected chi connectivity index (χ1v) is 8.30. The molecule has 2 N–H and O–H groups in total. The van der Waals surface area contributed by atoms with Crippen LogP contribution in [-0.4, -0.2) is 54.8 Å². The van der Waals surface area contributed by atoms with Crippen LogP contribution >= 0.6 is 0 Å². The Bertz CT molecular complexity index is 669. The molecule has 0 bridgehead atoms. The van der Waals surface area contributed by atoms with Gasteiger partial charge in [-0.05, 0) is 24.6 Å². The van der Waals surface area contributed by atoms with Crippen LogP contribution in [0, 0.1) is 0 Å². The van der Waals surface area contributed by atoms with E-state index in [1.807, 2.05) is 14.1 Å². The van der Waals surface area contributed by atoms with Crippen molar-refractivity contribution in [2.45, 2.75) is 26.2 Å². The molecule has 1 heterocycles. The monoisotopic (exact) mass is 334 g/mol. The van der Waals surface area contributed by atoms with Crippen molar-refractivity contribution in [1.29, 1.82) is 0 Å². The van der Waals surface area contributed by atoms with Gasteiger partial charge in [-0.1, -0.05) is 19.8 Å². The van der Waals surface area contributed by atoms with E-state index in [1.165, 1.54) is 0 Å². The predicted octanol–water partition coefficient (Wildman–Crippen LogP) is 2.91. The lowest BCUT2D eigenvalue weighted by Gasteiger charge is -2.22. The summed E-state index contributed by atoms with van der Waals surface area (Å²) in [6, 6.07) is 5.67. The van der Waals surface area contributed by atoms with Crippen molar-refractivity contribution in [2.24, 2.45) is 0 Å². The molecule has 2 aromatic rings. The zero-order valence-corrected chi connectivity index (χ0v) is 14.6. The SMILES string of the molecule is CCCCCN(CCO)C(=O)Nc1ccc2oc(N(C)C)nc2c1. The van der Waals surface area contributed by atoms with Crippen molar-refractivity contribution in [2.75, 3.05) is 44.0 Å². The van der Waals surface area contributed by atoms with Gasteiger partial charge in [0.1, 0.15) is 5.52 Å². The topological polar surface area (TPSA) is 81.8 Å². The van der Waals surface area contributed by atoms with Gasteiger partial charge in [-0.15, -0.1) is 0 Å². The molecule has 132 valence electrons. The van der Waals surface area contributed by atoms with Crippen LogP contribution in [0.4, 0.5) is 16.5 Å². The molecule has 7 nitrogen and oxygen atoms in total. The molecule has 1 aromatic heterocycles. The van der Waals surface area contributed by atoms with Crippen molar-refractivity contribution in [3.63, 3.8) is 0 Å². The van der Waals surface area contributed by atoms with Crippen LogP contribution in [-0.2, 0) is 0 Å². The molecule has 0 unspecified atom stereocenters. The van der Waals surface area contributed by atoms with Crippen LogP contribution in [0.25, 0.3) is 11.1 Å². The number of fused-ring (bicyclic) bond motifs is 1. The number of nitrogens with one attached hydrogen (secondary N) is 1. The first-order chi connectivity index (χ1) is 11.5. The Kier molecular flexibility index (Phi) is 6.43. The Morgan fingerprint density at radius 1 is 1.29 bits per heavy atom. The third-order valence-corrected chi connectivity index (χ3v) is 3.70. The van der Waals surface area contributed by atoms with Gasteiger partial charge < -0.3 is 24.6 Å². The summed E-state index contributed by atoms with van der Waals surface area (Å²) in [7, 11) is 3.72. The second-order valence-corrected chi connectivity index (χ2v) is 5.92. The molecule has 0 aliphatic carbocycles. The highest BCUT2D eigenvalue weighted by Crippen LogP contribution is 2.23. The zero-order chi connectivity index (χ0) is 17.5. The highest BCUT2D eigenvalue weighted by molar-refractivity contribution is 5.91. The normalized spacial score (nSPS) is 10.8. The maximum absolute atomic E-state index is 12.4. The number of hydrogen-bond acceptors (Lipinski definition) is 5. The van der Waals surface area contributed by atoms with E-state index in [1.54, 1.807) is 28.0 Å². The zero-order valence-electron chi connectivity index (χ0n) is 14.6. The summed E-state index contributed by atoms with van der Waals surface area (Å²) in [4.78, 5) is 20.2. The maximum Gasteiger partial charge on any atom is 0.321 e. The van der Waals surface area contributed by atoms with Gasteiger partial charge in [0.25, 0.3) is 6.01 Å². The van der Waals surface area contributed by atoms with E-state index in [4.69, 9.17) is 9.52 Å². The Balaban J connectivity index is 2.07. The summed E-state index contributed by atoms with van der Waals surface area (Å²) < 4.78 is 5.60. The van der Waals surface area contributed by atoms with Gasteiger partial charge in [0.2, 0.25) is 0 Å². The third kappa shape index (κ3) is 4.61. The van der Waals surface area contributed by atoms with Crippen molar-refractivity contribution in [3.05, 3.63) is 18.2 Å². The van der Waals surface area contributed by atoms with Crippen molar-refractivity contribution >= 4 is 28.8 Å². The summed E-state index contributed by atoms with van der Waals surface area (Å²) in [5.41, 5.74) is 2.02. The standard InChI is InChI=1S/C17H26N4O3/c1-4-5-6-9-21(10-11-22)16(23)18-13-7-8-15-14(12-13)19-17(24-15)20(2)3/h7-8,12,22H,4-6,9-11H2,1-3H3,(H,18,23). The molecular formula is C17H26N4O3. The number of oxazole rings is 1. The average Bonchev–Trinajstić information content (AvgIpc) is 2.97. The first kappa shape index (κ1) is 18.1. The largest absolute Gasteiger partial charge is 0.423 e. The second-order valence-electron chi connectivity index (χ2n) is 5.92. The number of hydrogen-bond donors (Lipinski definition) is 2. The van der Waals surface area contributed by atoms with E-state index in [2.05, 4.69) is 17.2 Å². The second kappa shape index (κ2) is 8.54. The minimum absolute atomic E-state index is 0.0476. The molecule has 0 saturated carbocycles. The number of urea groups is 1. The molecule has 7 heteroatoms. The summed E-state index contributed by atoms with van der Waals surface area (Å²) in [6.45, 7) is 3.03.